The predicted octanol–water partition coefficient (Wildman–Crippen LogP) is 2.26. The number of anilines is 1. The normalized spacial score (nSPS) is 16.1. The summed E-state index contributed by atoms with van der Waals surface area (Å²) in [6, 6.07) is 2.75. The molecular weight excluding hydrogens is 283 g/mol. The van der Waals surface area contributed by atoms with E-state index in [1.807, 2.05) is 0 Å². The predicted molar refractivity (Wildman–Crippen MR) is 68.8 cm³/mol. The number of rotatable bonds is 4. The molecule has 0 aromatic heterocycles. The molecule has 17 heavy (non-hydrogen) atoms. The van der Waals surface area contributed by atoms with Gasteiger partial charge in [0.05, 0.1) is 10.0 Å². The smallest absolute Gasteiger partial charge is 0.243 e. The zero-order valence-corrected chi connectivity index (χ0v) is 11.2. The molecule has 0 atom stereocenters. The quantitative estimate of drug-likeness (QED) is 0.837. The molecule has 1 aromatic rings. The molecule has 2 rings (SSSR count). The van der Waals surface area contributed by atoms with Crippen molar-refractivity contribution in [3.05, 3.63) is 22.2 Å². The lowest BCUT2D eigenvalue weighted by Crippen LogP contribution is -2.26. The molecule has 0 spiro atoms. The van der Waals surface area contributed by atoms with Crippen LogP contribution in [0, 0.1) is 5.92 Å². The molecular formula is C10H12Cl2N2O2S. The molecule has 4 nitrogen and oxygen atoms in total. The van der Waals surface area contributed by atoms with Gasteiger partial charge in [-0.25, -0.2) is 13.1 Å². The van der Waals surface area contributed by atoms with Gasteiger partial charge in [-0.3, -0.25) is 0 Å². The topological polar surface area (TPSA) is 72.2 Å². The van der Waals surface area contributed by atoms with Crippen LogP contribution in [0.2, 0.25) is 10.0 Å². The molecule has 0 heterocycles. The van der Waals surface area contributed by atoms with E-state index in [9.17, 15) is 8.42 Å². The number of halogens is 2. The molecule has 0 saturated heterocycles. The number of benzene rings is 1. The lowest BCUT2D eigenvalue weighted by molar-refractivity contribution is 0.577. The molecule has 7 heteroatoms. The van der Waals surface area contributed by atoms with Gasteiger partial charge in [-0.05, 0) is 30.9 Å². The standard InChI is InChI=1S/C10H12Cl2N2O2S/c11-8-3-7(13)4-9(12)10(8)17(15,16)14-5-6-1-2-6/h3-4,6,14H,1-2,5,13H2. The van der Waals surface area contributed by atoms with E-state index in [2.05, 4.69) is 4.72 Å². The van der Waals surface area contributed by atoms with Crippen LogP contribution in [-0.4, -0.2) is 15.0 Å². The van der Waals surface area contributed by atoms with Gasteiger partial charge >= 0.3 is 0 Å². The first-order chi connectivity index (χ1) is 7.90. The van der Waals surface area contributed by atoms with Crippen LogP contribution < -0.4 is 10.5 Å². The van der Waals surface area contributed by atoms with Gasteiger partial charge in [0, 0.05) is 12.2 Å². The van der Waals surface area contributed by atoms with Crippen molar-refractivity contribution in [1.29, 1.82) is 0 Å². The zero-order valence-electron chi connectivity index (χ0n) is 8.91. The molecule has 3 N–H and O–H groups in total. The van der Waals surface area contributed by atoms with Crippen molar-refractivity contribution in [3.8, 4) is 0 Å². The van der Waals surface area contributed by atoms with E-state index in [1.165, 1.54) is 12.1 Å². The fourth-order valence-electron chi connectivity index (χ4n) is 1.46. The maximum absolute atomic E-state index is 12.0. The van der Waals surface area contributed by atoms with E-state index in [4.69, 9.17) is 28.9 Å². The van der Waals surface area contributed by atoms with Crippen molar-refractivity contribution in [2.24, 2.45) is 5.92 Å². The van der Waals surface area contributed by atoms with Gasteiger partial charge < -0.3 is 5.73 Å². The minimum atomic E-state index is -3.66. The second-order valence-electron chi connectivity index (χ2n) is 4.11. The number of hydrogen-bond donors (Lipinski definition) is 2. The molecule has 1 aliphatic rings. The van der Waals surface area contributed by atoms with Crippen LogP contribution in [0.1, 0.15) is 12.8 Å². The van der Waals surface area contributed by atoms with Crippen molar-refractivity contribution >= 4 is 38.9 Å². The Bertz CT molecular complexity index is 518. The Hall–Kier alpha value is -0.490. The van der Waals surface area contributed by atoms with Gasteiger partial charge in [0.25, 0.3) is 0 Å². The maximum Gasteiger partial charge on any atom is 0.243 e. The van der Waals surface area contributed by atoms with Gasteiger partial charge in [0.15, 0.2) is 0 Å². The van der Waals surface area contributed by atoms with Gasteiger partial charge in [-0.2, -0.15) is 0 Å². The average Bonchev–Trinajstić information content (AvgIpc) is 2.95. The van der Waals surface area contributed by atoms with Gasteiger partial charge in [-0.1, -0.05) is 23.2 Å². The lowest BCUT2D eigenvalue weighted by Gasteiger charge is -2.10. The number of sulfonamides is 1. The largest absolute Gasteiger partial charge is 0.399 e. The highest BCUT2D eigenvalue weighted by atomic mass is 35.5. The minimum absolute atomic E-state index is 0.0401. The van der Waals surface area contributed by atoms with E-state index in [-0.39, 0.29) is 14.9 Å². The molecule has 1 aromatic carbocycles. The summed E-state index contributed by atoms with van der Waals surface area (Å²) in [6.45, 7) is 0.430. The highest BCUT2D eigenvalue weighted by molar-refractivity contribution is 7.89. The molecule has 0 amide bonds. The van der Waals surface area contributed by atoms with Crippen LogP contribution in [0.25, 0.3) is 0 Å². The Kier molecular flexibility index (Phi) is 3.54. The number of nitrogens with one attached hydrogen (secondary N) is 1. The summed E-state index contributed by atoms with van der Waals surface area (Å²) in [5.41, 5.74) is 5.85. The molecule has 1 aliphatic carbocycles. The van der Waals surface area contributed by atoms with Crippen LogP contribution in [0.15, 0.2) is 17.0 Å². The number of nitrogens with two attached hydrogens (primary N) is 1. The first-order valence-electron chi connectivity index (χ1n) is 5.14. The van der Waals surface area contributed by atoms with Crippen LogP contribution in [0.3, 0.4) is 0 Å². The Morgan fingerprint density at radius 2 is 1.82 bits per heavy atom. The van der Waals surface area contributed by atoms with Crippen molar-refractivity contribution in [1.82, 2.24) is 4.72 Å². The summed E-state index contributed by atoms with van der Waals surface area (Å²) in [6.07, 6.45) is 2.12. The summed E-state index contributed by atoms with van der Waals surface area (Å²) in [4.78, 5) is -0.101. The Labute approximate surface area is 110 Å². The van der Waals surface area contributed by atoms with E-state index >= 15 is 0 Å². The van der Waals surface area contributed by atoms with Crippen molar-refractivity contribution in [2.75, 3.05) is 12.3 Å². The van der Waals surface area contributed by atoms with E-state index in [0.717, 1.165) is 12.8 Å². The SMILES string of the molecule is Nc1cc(Cl)c(S(=O)(=O)NCC2CC2)c(Cl)c1. The third-order valence-electron chi connectivity index (χ3n) is 2.55. The van der Waals surface area contributed by atoms with Crippen molar-refractivity contribution in [3.63, 3.8) is 0 Å². The fraction of sp³-hybridized carbons (Fsp3) is 0.400. The summed E-state index contributed by atoms with van der Waals surface area (Å²) in [5.74, 6) is 0.441. The molecule has 94 valence electrons. The molecule has 0 radical (unpaired) electrons. The van der Waals surface area contributed by atoms with Crippen LogP contribution in [0.5, 0.6) is 0 Å². The van der Waals surface area contributed by atoms with E-state index in [1.54, 1.807) is 0 Å². The summed E-state index contributed by atoms with van der Waals surface area (Å²) in [5, 5.41) is 0.0802. The Morgan fingerprint density at radius 1 is 1.29 bits per heavy atom. The summed E-state index contributed by atoms with van der Waals surface area (Å²) >= 11 is 11.7. The highest BCUT2D eigenvalue weighted by Gasteiger charge is 2.27. The lowest BCUT2D eigenvalue weighted by atomic mass is 10.3. The van der Waals surface area contributed by atoms with Crippen molar-refractivity contribution in [2.45, 2.75) is 17.7 Å². The second-order valence-corrected chi connectivity index (χ2v) is 6.63. The second kappa shape index (κ2) is 4.65. The fourth-order valence-corrected chi connectivity index (χ4v) is 3.80. The molecule has 0 bridgehead atoms. The minimum Gasteiger partial charge on any atom is -0.399 e. The first kappa shape index (κ1) is 13.0. The summed E-state index contributed by atoms with van der Waals surface area (Å²) < 4.78 is 26.5. The van der Waals surface area contributed by atoms with E-state index < -0.39 is 10.0 Å². The van der Waals surface area contributed by atoms with Crippen molar-refractivity contribution < 1.29 is 8.42 Å². The maximum atomic E-state index is 12.0. The van der Waals surface area contributed by atoms with Crippen LogP contribution in [0.4, 0.5) is 5.69 Å². The molecule has 1 fully saturated rings. The molecule has 0 aliphatic heterocycles. The number of hydrogen-bond acceptors (Lipinski definition) is 3. The monoisotopic (exact) mass is 294 g/mol. The highest BCUT2D eigenvalue weighted by Crippen LogP contribution is 2.33. The molecule has 0 unspecified atom stereocenters. The first-order valence-corrected chi connectivity index (χ1v) is 7.38. The third-order valence-corrected chi connectivity index (χ3v) is 4.89. The van der Waals surface area contributed by atoms with Gasteiger partial charge in [-0.15, -0.1) is 0 Å². The van der Waals surface area contributed by atoms with Crippen LogP contribution >= 0.6 is 23.2 Å². The summed E-state index contributed by atoms with van der Waals surface area (Å²) in [7, 11) is -3.66. The average molecular weight is 295 g/mol. The molecule has 1 saturated carbocycles. The van der Waals surface area contributed by atoms with E-state index in [0.29, 0.717) is 18.2 Å². The van der Waals surface area contributed by atoms with Crippen LogP contribution in [-0.2, 0) is 10.0 Å². The zero-order chi connectivity index (χ0) is 12.6. The third kappa shape index (κ3) is 3.04. The Balaban J connectivity index is 2.31. The number of nitrogen functional groups attached to an aromatic ring is 1. The van der Waals surface area contributed by atoms with Gasteiger partial charge in [0.2, 0.25) is 10.0 Å². The Morgan fingerprint density at radius 3 is 2.29 bits per heavy atom. The van der Waals surface area contributed by atoms with Gasteiger partial charge in [0.1, 0.15) is 4.90 Å².